The standard InChI is InChI=1S/C46H36/c1-29-17-5-9-21-33(29)41-37-25-13-14-26-38(37)43(35-23-11-7-19-31(35)3)46-44(36-24-12-8-20-32(36)4)40-28-16-15-27-39(40)42(45(41)46)34-22-10-6-18-30(34)2/h5-28H,1-4H3. The van der Waals surface area contributed by atoms with E-state index < -0.39 is 0 Å². The predicted molar refractivity (Wildman–Crippen MR) is 200 cm³/mol. The highest BCUT2D eigenvalue weighted by Gasteiger charge is 2.27. The lowest BCUT2D eigenvalue weighted by Crippen LogP contribution is -2.00. The second-order valence-electron chi connectivity index (χ2n) is 12.6. The highest BCUT2D eigenvalue weighted by molar-refractivity contribution is 6.34. The van der Waals surface area contributed by atoms with Crippen LogP contribution in [0.3, 0.4) is 0 Å². The molecule has 0 spiro atoms. The molecular formula is C46H36. The third kappa shape index (κ3) is 4.29. The van der Waals surface area contributed by atoms with Gasteiger partial charge in [0, 0.05) is 0 Å². The molecule has 0 fully saturated rings. The van der Waals surface area contributed by atoms with E-state index in [0.717, 1.165) is 0 Å². The van der Waals surface area contributed by atoms with Gasteiger partial charge in [-0.3, -0.25) is 0 Å². The van der Waals surface area contributed by atoms with E-state index in [1.54, 1.807) is 0 Å². The molecule has 8 rings (SSSR count). The molecule has 0 saturated carbocycles. The van der Waals surface area contributed by atoms with Gasteiger partial charge < -0.3 is 0 Å². The molecule has 0 aliphatic rings. The lowest BCUT2D eigenvalue weighted by Gasteiger charge is -2.27. The molecule has 0 bridgehead atoms. The van der Waals surface area contributed by atoms with E-state index in [1.807, 2.05) is 0 Å². The Kier molecular flexibility index (Phi) is 6.80. The summed E-state index contributed by atoms with van der Waals surface area (Å²) in [7, 11) is 0. The Hall–Kier alpha value is -5.46. The Morgan fingerprint density at radius 1 is 0.239 bits per heavy atom. The third-order valence-electron chi connectivity index (χ3n) is 9.84. The number of rotatable bonds is 4. The summed E-state index contributed by atoms with van der Waals surface area (Å²) in [4.78, 5) is 0. The first kappa shape index (κ1) is 28.0. The molecule has 220 valence electrons. The van der Waals surface area contributed by atoms with Gasteiger partial charge in [-0.2, -0.15) is 0 Å². The zero-order valence-electron chi connectivity index (χ0n) is 26.9. The number of fused-ring (bicyclic) bond motifs is 3. The van der Waals surface area contributed by atoms with Crippen molar-refractivity contribution in [1.29, 1.82) is 0 Å². The number of hydrogen-bond donors (Lipinski definition) is 0. The Balaban J connectivity index is 1.81. The predicted octanol–water partition coefficient (Wildman–Crippen LogP) is 13.0. The van der Waals surface area contributed by atoms with Crippen molar-refractivity contribution in [1.82, 2.24) is 0 Å². The van der Waals surface area contributed by atoms with Crippen LogP contribution in [0, 0.1) is 27.7 Å². The molecule has 0 atom stereocenters. The van der Waals surface area contributed by atoms with Crippen LogP contribution in [-0.4, -0.2) is 0 Å². The molecule has 0 unspecified atom stereocenters. The monoisotopic (exact) mass is 588 g/mol. The molecule has 8 aromatic carbocycles. The molecule has 0 heterocycles. The first-order valence-corrected chi connectivity index (χ1v) is 16.2. The molecule has 0 nitrogen and oxygen atoms in total. The van der Waals surface area contributed by atoms with Crippen molar-refractivity contribution >= 4 is 32.3 Å². The Morgan fingerprint density at radius 2 is 0.435 bits per heavy atom. The highest BCUT2D eigenvalue weighted by atomic mass is 14.3. The SMILES string of the molecule is Cc1ccccc1-c1c2ccccc2c(-c2ccccc2C)c2c(-c3ccccc3C)c3ccccc3c(-c3ccccc3C)c12. The third-order valence-corrected chi connectivity index (χ3v) is 9.84. The van der Waals surface area contributed by atoms with Crippen LogP contribution in [0.5, 0.6) is 0 Å². The summed E-state index contributed by atoms with van der Waals surface area (Å²) in [6, 6.07) is 53.8. The minimum atomic E-state index is 1.28. The van der Waals surface area contributed by atoms with Crippen LogP contribution in [0.25, 0.3) is 76.8 Å². The maximum Gasteiger partial charge on any atom is -0.000118 e. The van der Waals surface area contributed by atoms with E-state index in [1.165, 1.54) is 99.1 Å². The van der Waals surface area contributed by atoms with Crippen LogP contribution in [0.2, 0.25) is 0 Å². The summed E-state index contributed by atoms with van der Waals surface area (Å²) in [5.41, 5.74) is 15.4. The molecule has 0 heteroatoms. The average Bonchev–Trinajstić information content (AvgIpc) is 3.08. The highest BCUT2D eigenvalue weighted by Crippen LogP contribution is 2.54. The molecule has 46 heavy (non-hydrogen) atoms. The van der Waals surface area contributed by atoms with Crippen molar-refractivity contribution in [2.45, 2.75) is 27.7 Å². The van der Waals surface area contributed by atoms with E-state index in [9.17, 15) is 0 Å². The fraction of sp³-hybridized carbons (Fsp3) is 0.0870. The quantitative estimate of drug-likeness (QED) is 0.179. The first-order valence-electron chi connectivity index (χ1n) is 16.2. The molecule has 0 saturated heterocycles. The normalized spacial score (nSPS) is 11.5. The Morgan fingerprint density at radius 3 is 0.652 bits per heavy atom. The molecule has 0 radical (unpaired) electrons. The molecule has 0 N–H and O–H groups in total. The summed E-state index contributed by atoms with van der Waals surface area (Å²) in [6.45, 7) is 9.01. The number of benzene rings is 8. The van der Waals surface area contributed by atoms with E-state index in [2.05, 4.69) is 173 Å². The van der Waals surface area contributed by atoms with E-state index >= 15 is 0 Å². The van der Waals surface area contributed by atoms with Gasteiger partial charge in [-0.15, -0.1) is 0 Å². The van der Waals surface area contributed by atoms with Crippen molar-refractivity contribution < 1.29 is 0 Å². The van der Waals surface area contributed by atoms with Gasteiger partial charge in [0.1, 0.15) is 0 Å². The van der Waals surface area contributed by atoms with Crippen molar-refractivity contribution in [3.63, 3.8) is 0 Å². The molecule has 0 aliphatic heterocycles. The second-order valence-corrected chi connectivity index (χ2v) is 12.6. The van der Waals surface area contributed by atoms with Crippen LogP contribution < -0.4 is 0 Å². The van der Waals surface area contributed by atoms with Crippen molar-refractivity contribution in [3.05, 3.63) is 168 Å². The molecule has 8 aromatic rings. The van der Waals surface area contributed by atoms with Crippen LogP contribution in [0.1, 0.15) is 22.3 Å². The average molecular weight is 589 g/mol. The van der Waals surface area contributed by atoms with Crippen molar-refractivity contribution in [3.8, 4) is 44.5 Å². The summed E-state index contributed by atoms with van der Waals surface area (Å²) < 4.78 is 0. The fourth-order valence-corrected chi connectivity index (χ4v) is 7.66. The maximum absolute atomic E-state index is 2.34. The van der Waals surface area contributed by atoms with Gasteiger partial charge in [0.15, 0.2) is 0 Å². The van der Waals surface area contributed by atoms with Gasteiger partial charge in [-0.05, 0) is 127 Å². The lowest BCUT2D eigenvalue weighted by atomic mass is 9.76. The van der Waals surface area contributed by atoms with Crippen LogP contribution in [0.15, 0.2) is 146 Å². The first-order chi connectivity index (χ1) is 22.5. The number of aryl methyl sites for hydroxylation is 4. The Bertz CT molecular complexity index is 2120. The van der Waals surface area contributed by atoms with Crippen LogP contribution in [-0.2, 0) is 0 Å². The summed E-state index contributed by atoms with van der Waals surface area (Å²) in [5, 5.41) is 7.76. The van der Waals surface area contributed by atoms with Crippen LogP contribution in [0.4, 0.5) is 0 Å². The number of hydrogen-bond acceptors (Lipinski definition) is 0. The molecule has 0 aromatic heterocycles. The summed E-state index contributed by atoms with van der Waals surface area (Å²) >= 11 is 0. The smallest absolute Gasteiger partial charge is 0.000118 e. The van der Waals surface area contributed by atoms with Crippen molar-refractivity contribution in [2.24, 2.45) is 0 Å². The minimum absolute atomic E-state index is 1.28. The topological polar surface area (TPSA) is 0 Å². The second kappa shape index (κ2) is 11.2. The van der Waals surface area contributed by atoms with Crippen molar-refractivity contribution in [2.75, 3.05) is 0 Å². The summed E-state index contributed by atoms with van der Waals surface area (Å²) in [6.07, 6.45) is 0. The van der Waals surface area contributed by atoms with Gasteiger partial charge in [0.25, 0.3) is 0 Å². The maximum atomic E-state index is 2.34. The van der Waals surface area contributed by atoms with Gasteiger partial charge in [0.2, 0.25) is 0 Å². The molecule has 0 amide bonds. The van der Waals surface area contributed by atoms with E-state index in [-0.39, 0.29) is 0 Å². The zero-order valence-corrected chi connectivity index (χ0v) is 26.9. The largest absolute Gasteiger partial charge is 0.0620 e. The van der Waals surface area contributed by atoms with Gasteiger partial charge in [-0.25, -0.2) is 0 Å². The van der Waals surface area contributed by atoms with E-state index in [0.29, 0.717) is 0 Å². The molecule has 0 aliphatic carbocycles. The lowest BCUT2D eigenvalue weighted by molar-refractivity contribution is 1.45. The fourth-order valence-electron chi connectivity index (χ4n) is 7.66. The van der Waals surface area contributed by atoms with Gasteiger partial charge >= 0.3 is 0 Å². The zero-order chi connectivity index (χ0) is 31.4. The molecular weight excluding hydrogens is 553 g/mol. The van der Waals surface area contributed by atoms with E-state index in [4.69, 9.17) is 0 Å². The van der Waals surface area contributed by atoms with Gasteiger partial charge in [-0.1, -0.05) is 146 Å². The minimum Gasteiger partial charge on any atom is -0.0620 e. The van der Waals surface area contributed by atoms with Crippen LogP contribution >= 0.6 is 0 Å². The summed E-state index contributed by atoms with van der Waals surface area (Å²) in [5.74, 6) is 0. The van der Waals surface area contributed by atoms with Gasteiger partial charge in [0.05, 0.1) is 0 Å². The Labute approximate surface area is 271 Å².